The number of carboxylic acids is 1. The summed E-state index contributed by atoms with van der Waals surface area (Å²) in [5.74, 6) is -0.747. The van der Waals surface area contributed by atoms with E-state index in [0.717, 1.165) is 22.3 Å². The molecule has 0 atom stereocenters. The van der Waals surface area contributed by atoms with E-state index in [1.807, 2.05) is 24.3 Å². The Labute approximate surface area is 227 Å². The lowest BCUT2D eigenvalue weighted by Crippen LogP contribution is -2.33. The molecule has 2 aromatic carbocycles. The van der Waals surface area contributed by atoms with E-state index >= 15 is 0 Å². The molecule has 1 aliphatic carbocycles. The van der Waals surface area contributed by atoms with Gasteiger partial charge in [0.1, 0.15) is 18.0 Å². The van der Waals surface area contributed by atoms with Gasteiger partial charge in [0.15, 0.2) is 0 Å². The zero-order valence-corrected chi connectivity index (χ0v) is 22.3. The van der Waals surface area contributed by atoms with Crippen molar-refractivity contribution in [2.24, 2.45) is 0 Å². The molecular weight excluding hydrogens is 498 g/mol. The number of pyridine rings is 1. The number of amides is 2. The molecule has 2 amide bonds. The molecule has 0 saturated carbocycles. The summed E-state index contributed by atoms with van der Waals surface area (Å²) in [7, 11) is 0. The number of aliphatic carboxylic acids is 1. The van der Waals surface area contributed by atoms with Gasteiger partial charge in [-0.25, -0.2) is 14.6 Å². The molecule has 4 rings (SSSR count). The first-order valence-corrected chi connectivity index (χ1v) is 12.9. The van der Waals surface area contributed by atoms with Crippen LogP contribution in [-0.2, 0) is 20.8 Å². The summed E-state index contributed by atoms with van der Waals surface area (Å²) in [4.78, 5) is 42.1. The second-order valence-corrected chi connectivity index (χ2v) is 10.4. The average molecular weight is 532 g/mol. The third-order valence-electron chi connectivity index (χ3n) is 6.24. The molecule has 0 aliphatic heterocycles. The van der Waals surface area contributed by atoms with Gasteiger partial charge in [-0.3, -0.25) is 10.1 Å². The van der Waals surface area contributed by atoms with Crippen LogP contribution in [-0.4, -0.2) is 51.9 Å². The van der Waals surface area contributed by atoms with E-state index in [2.05, 4.69) is 34.6 Å². The Balaban J connectivity index is 1.46. The van der Waals surface area contributed by atoms with Gasteiger partial charge in [-0.05, 0) is 67.1 Å². The Morgan fingerprint density at radius 2 is 1.64 bits per heavy atom. The number of carbonyl (C=O) groups excluding carboxylic acids is 2. The Hall–Kier alpha value is -4.40. The number of hydrogen-bond donors (Lipinski definition) is 2. The zero-order chi connectivity index (χ0) is 28.0. The lowest BCUT2D eigenvalue weighted by Gasteiger charge is -2.24. The molecular formula is C30H33N3O6. The van der Waals surface area contributed by atoms with Gasteiger partial charge in [0.2, 0.25) is 0 Å². The number of carbonyl (C=O) groups is 3. The number of anilines is 1. The molecule has 0 bridgehead atoms. The molecule has 9 nitrogen and oxygen atoms in total. The van der Waals surface area contributed by atoms with Crippen LogP contribution >= 0.6 is 0 Å². The highest BCUT2D eigenvalue weighted by Crippen LogP contribution is 2.44. The van der Waals surface area contributed by atoms with Gasteiger partial charge < -0.3 is 19.5 Å². The molecule has 1 aromatic heterocycles. The van der Waals surface area contributed by atoms with Crippen LogP contribution in [0.15, 0.2) is 66.9 Å². The molecule has 0 unspecified atom stereocenters. The van der Waals surface area contributed by atoms with Crippen molar-refractivity contribution in [2.45, 2.75) is 51.7 Å². The van der Waals surface area contributed by atoms with E-state index < -0.39 is 23.8 Å². The summed E-state index contributed by atoms with van der Waals surface area (Å²) in [6, 6.07) is 19.5. The molecule has 9 heteroatoms. The van der Waals surface area contributed by atoms with Crippen molar-refractivity contribution in [1.82, 2.24) is 9.88 Å². The number of aromatic nitrogens is 1. The minimum absolute atomic E-state index is 0.0745. The van der Waals surface area contributed by atoms with Crippen molar-refractivity contribution >= 4 is 24.0 Å². The summed E-state index contributed by atoms with van der Waals surface area (Å²) < 4.78 is 11.1. The third-order valence-corrected chi connectivity index (χ3v) is 6.24. The van der Waals surface area contributed by atoms with Crippen LogP contribution in [0.1, 0.15) is 56.2 Å². The molecule has 0 fully saturated rings. The second-order valence-electron chi connectivity index (χ2n) is 10.4. The molecule has 3 aromatic rings. The number of rotatable bonds is 9. The van der Waals surface area contributed by atoms with Crippen molar-refractivity contribution in [1.29, 1.82) is 0 Å². The van der Waals surface area contributed by atoms with Crippen LogP contribution in [0.2, 0.25) is 0 Å². The van der Waals surface area contributed by atoms with Gasteiger partial charge in [0.05, 0.1) is 0 Å². The summed E-state index contributed by atoms with van der Waals surface area (Å²) >= 11 is 0. The highest BCUT2D eigenvalue weighted by molar-refractivity contribution is 5.83. The van der Waals surface area contributed by atoms with Crippen LogP contribution in [0.25, 0.3) is 11.1 Å². The van der Waals surface area contributed by atoms with Gasteiger partial charge in [0, 0.05) is 31.6 Å². The van der Waals surface area contributed by atoms with Crippen molar-refractivity contribution in [3.05, 3.63) is 83.6 Å². The fourth-order valence-electron chi connectivity index (χ4n) is 4.61. The predicted molar refractivity (Wildman–Crippen MR) is 146 cm³/mol. The van der Waals surface area contributed by atoms with Gasteiger partial charge >= 0.3 is 18.2 Å². The standard InChI is InChI=1S/C30H33N3O6/c1-30(2,3)39-28(36)32-26-17-20(14-15-31-26)18-33(16-8-13-27(34)35)29(37)38-19-25-23-11-6-4-9-21(23)22-10-5-7-12-24(22)25/h4-7,9-12,14-15,17,25H,8,13,16,18-19H2,1-3H3,(H,34,35)(H,31,32,36). The molecule has 39 heavy (non-hydrogen) atoms. The van der Waals surface area contributed by atoms with Gasteiger partial charge in [0.25, 0.3) is 0 Å². The number of nitrogens with one attached hydrogen (secondary N) is 1. The highest BCUT2D eigenvalue weighted by atomic mass is 16.6. The lowest BCUT2D eigenvalue weighted by molar-refractivity contribution is -0.137. The van der Waals surface area contributed by atoms with Crippen LogP contribution < -0.4 is 5.32 Å². The number of ether oxygens (including phenoxy) is 2. The largest absolute Gasteiger partial charge is 0.481 e. The minimum atomic E-state index is -0.935. The number of hydrogen-bond acceptors (Lipinski definition) is 6. The average Bonchev–Trinajstić information content (AvgIpc) is 3.19. The maximum Gasteiger partial charge on any atom is 0.413 e. The fourth-order valence-corrected chi connectivity index (χ4v) is 4.61. The van der Waals surface area contributed by atoms with E-state index in [4.69, 9.17) is 14.6 Å². The third kappa shape index (κ3) is 7.34. The first-order valence-electron chi connectivity index (χ1n) is 12.9. The van der Waals surface area contributed by atoms with E-state index in [1.54, 1.807) is 32.9 Å². The molecule has 0 spiro atoms. The zero-order valence-electron chi connectivity index (χ0n) is 22.3. The maximum atomic E-state index is 13.3. The topological polar surface area (TPSA) is 118 Å². The van der Waals surface area contributed by atoms with Crippen molar-refractivity contribution < 1.29 is 29.0 Å². The number of nitrogens with zero attached hydrogens (tertiary/aromatic N) is 2. The van der Waals surface area contributed by atoms with Gasteiger partial charge in [-0.15, -0.1) is 0 Å². The summed E-state index contributed by atoms with van der Waals surface area (Å²) in [5, 5.41) is 11.7. The van der Waals surface area contributed by atoms with E-state index in [-0.39, 0.29) is 44.3 Å². The monoisotopic (exact) mass is 531 g/mol. The fraction of sp³-hybridized carbons (Fsp3) is 0.333. The first kappa shape index (κ1) is 27.6. The summed E-state index contributed by atoms with van der Waals surface area (Å²) in [6.45, 7) is 5.80. The Morgan fingerprint density at radius 3 is 2.26 bits per heavy atom. The predicted octanol–water partition coefficient (Wildman–Crippen LogP) is 6.04. The molecule has 2 N–H and O–H groups in total. The van der Waals surface area contributed by atoms with Crippen molar-refractivity contribution in [3.8, 4) is 11.1 Å². The van der Waals surface area contributed by atoms with Crippen LogP contribution in [0.5, 0.6) is 0 Å². The summed E-state index contributed by atoms with van der Waals surface area (Å²) in [5.41, 5.74) is 4.52. The SMILES string of the molecule is CC(C)(C)OC(=O)Nc1cc(CN(CCCC(=O)O)C(=O)OCC2c3ccccc3-c3ccccc32)ccn1. The van der Waals surface area contributed by atoms with Crippen LogP contribution in [0.3, 0.4) is 0 Å². The first-order chi connectivity index (χ1) is 18.6. The van der Waals surface area contributed by atoms with E-state index in [1.165, 1.54) is 11.1 Å². The van der Waals surface area contributed by atoms with Gasteiger partial charge in [-0.2, -0.15) is 0 Å². The minimum Gasteiger partial charge on any atom is -0.481 e. The van der Waals surface area contributed by atoms with Crippen LogP contribution in [0.4, 0.5) is 15.4 Å². The van der Waals surface area contributed by atoms with Crippen LogP contribution in [0, 0.1) is 0 Å². The molecule has 1 aliphatic rings. The van der Waals surface area contributed by atoms with Crippen molar-refractivity contribution in [2.75, 3.05) is 18.5 Å². The van der Waals surface area contributed by atoms with Gasteiger partial charge in [-0.1, -0.05) is 48.5 Å². The highest BCUT2D eigenvalue weighted by Gasteiger charge is 2.30. The lowest BCUT2D eigenvalue weighted by atomic mass is 9.98. The number of carboxylic acid groups (broad SMARTS) is 1. The van der Waals surface area contributed by atoms with E-state index in [9.17, 15) is 14.4 Å². The Bertz CT molecular complexity index is 1300. The normalized spacial score (nSPS) is 12.3. The van der Waals surface area contributed by atoms with E-state index in [0.29, 0.717) is 5.56 Å². The number of benzene rings is 2. The molecule has 204 valence electrons. The molecule has 1 heterocycles. The Morgan fingerprint density at radius 1 is 1.00 bits per heavy atom. The molecule has 0 radical (unpaired) electrons. The van der Waals surface area contributed by atoms with Crippen molar-refractivity contribution in [3.63, 3.8) is 0 Å². The summed E-state index contributed by atoms with van der Waals surface area (Å²) in [6.07, 6.45) is 0.542. The Kier molecular flexibility index (Phi) is 8.49. The maximum absolute atomic E-state index is 13.3. The second kappa shape index (κ2) is 12.0. The number of fused-ring (bicyclic) bond motifs is 3. The quantitative estimate of drug-likeness (QED) is 0.345. The smallest absolute Gasteiger partial charge is 0.413 e. The molecule has 0 saturated heterocycles.